The quantitative estimate of drug-likeness (QED) is 0.479. The Kier molecular flexibility index (Phi) is 6.80. The molecule has 6 nitrogen and oxygen atoms in total. The number of amides is 3. The smallest absolute Gasteiger partial charge is 0.259 e. The molecule has 3 aromatic carbocycles. The van der Waals surface area contributed by atoms with Crippen LogP contribution in [-0.2, 0) is 16.1 Å². The minimum atomic E-state index is -0.785. The van der Waals surface area contributed by atoms with Gasteiger partial charge in [0.25, 0.3) is 5.91 Å². The van der Waals surface area contributed by atoms with Gasteiger partial charge >= 0.3 is 0 Å². The topological polar surface area (TPSA) is 69.7 Å². The molecule has 0 aliphatic carbocycles. The van der Waals surface area contributed by atoms with Crippen LogP contribution in [0.1, 0.15) is 43.6 Å². The Labute approximate surface area is 214 Å². The van der Waals surface area contributed by atoms with Crippen LogP contribution >= 0.6 is 23.2 Å². The van der Waals surface area contributed by atoms with E-state index in [4.69, 9.17) is 23.2 Å². The van der Waals surface area contributed by atoms with Gasteiger partial charge in [-0.3, -0.25) is 19.3 Å². The van der Waals surface area contributed by atoms with Crippen molar-refractivity contribution in [1.82, 2.24) is 10.2 Å². The molecule has 1 aliphatic heterocycles. The highest BCUT2D eigenvalue weighted by Gasteiger charge is 2.34. The van der Waals surface area contributed by atoms with Crippen molar-refractivity contribution < 1.29 is 14.4 Å². The highest BCUT2D eigenvalue weighted by atomic mass is 35.5. The van der Waals surface area contributed by atoms with E-state index in [1.54, 1.807) is 31.2 Å². The van der Waals surface area contributed by atoms with Gasteiger partial charge in [-0.2, -0.15) is 0 Å². The van der Waals surface area contributed by atoms with E-state index >= 15 is 0 Å². The Morgan fingerprint density at radius 1 is 1.03 bits per heavy atom. The predicted octanol–water partition coefficient (Wildman–Crippen LogP) is 5.44. The number of nitrogens with one attached hydrogen (secondary N) is 1. The first-order valence-electron chi connectivity index (χ1n) is 11.4. The van der Waals surface area contributed by atoms with Crippen molar-refractivity contribution in [3.8, 4) is 0 Å². The Morgan fingerprint density at radius 2 is 1.71 bits per heavy atom. The molecule has 0 unspecified atom stereocenters. The molecular formula is C27H27Cl2N3O3. The second kappa shape index (κ2) is 9.51. The second-order valence-corrected chi connectivity index (χ2v) is 10.6. The number of nitrogens with zero attached hydrogens (tertiary/aromatic N) is 2. The average Bonchev–Trinajstić information content (AvgIpc) is 3.06. The minimum absolute atomic E-state index is 0.133. The molecule has 1 heterocycles. The number of hydrogen-bond acceptors (Lipinski definition) is 3. The van der Waals surface area contributed by atoms with Crippen LogP contribution in [0.5, 0.6) is 0 Å². The molecule has 35 heavy (non-hydrogen) atoms. The van der Waals surface area contributed by atoms with Gasteiger partial charge in [-0.15, -0.1) is 0 Å². The highest BCUT2D eigenvalue weighted by Crippen LogP contribution is 2.37. The molecule has 0 radical (unpaired) electrons. The average molecular weight is 512 g/mol. The third-order valence-corrected chi connectivity index (χ3v) is 6.68. The lowest BCUT2D eigenvalue weighted by Gasteiger charge is -2.32. The number of carbonyl (C=O) groups excluding carboxylic acids is 3. The van der Waals surface area contributed by atoms with Crippen LogP contribution < -0.4 is 10.2 Å². The van der Waals surface area contributed by atoms with Gasteiger partial charge < -0.3 is 10.2 Å². The van der Waals surface area contributed by atoms with Crippen LogP contribution in [-0.4, -0.2) is 40.7 Å². The van der Waals surface area contributed by atoms with Crippen molar-refractivity contribution in [1.29, 1.82) is 0 Å². The molecule has 0 saturated carbocycles. The molecule has 8 heteroatoms. The summed E-state index contributed by atoms with van der Waals surface area (Å²) in [5.41, 5.74) is 1.52. The maximum atomic E-state index is 13.7. The van der Waals surface area contributed by atoms with Gasteiger partial charge in [0.2, 0.25) is 11.8 Å². The Hall–Kier alpha value is -3.09. The number of benzene rings is 3. The predicted molar refractivity (Wildman–Crippen MR) is 140 cm³/mol. The van der Waals surface area contributed by atoms with Gasteiger partial charge in [-0.1, -0.05) is 53.5 Å². The van der Waals surface area contributed by atoms with E-state index in [2.05, 4.69) is 5.32 Å². The maximum Gasteiger partial charge on any atom is 0.259 e. The van der Waals surface area contributed by atoms with Gasteiger partial charge in [0.15, 0.2) is 0 Å². The van der Waals surface area contributed by atoms with E-state index in [0.29, 0.717) is 21.3 Å². The SMILES string of the molecule is C[C@H](C(=O)NC(C)(C)C)N(Cc1ccc(Cl)c(Cl)c1)C(=O)CN1C(=O)c2cccc3cccc1c23. The van der Waals surface area contributed by atoms with Crippen molar-refractivity contribution in [3.05, 3.63) is 75.8 Å². The summed E-state index contributed by atoms with van der Waals surface area (Å²) in [6.07, 6.45) is 0. The van der Waals surface area contributed by atoms with E-state index in [0.717, 1.165) is 16.3 Å². The van der Waals surface area contributed by atoms with Crippen LogP contribution in [0.2, 0.25) is 10.0 Å². The van der Waals surface area contributed by atoms with E-state index < -0.39 is 11.6 Å². The molecule has 0 saturated heterocycles. The fourth-order valence-corrected chi connectivity index (χ4v) is 4.57. The van der Waals surface area contributed by atoms with E-state index in [-0.39, 0.29) is 30.8 Å². The standard InChI is InChI=1S/C27H27Cl2N3O3/c1-16(25(34)30-27(2,3)4)31(14-17-11-12-20(28)21(29)13-17)23(33)15-32-22-10-6-8-18-7-5-9-19(24(18)22)26(32)35/h5-13,16H,14-15H2,1-4H3,(H,30,34)/t16-/m1/s1. The maximum absolute atomic E-state index is 13.7. The normalized spacial score (nSPS) is 13.8. The van der Waals surface area contributed by atoms with Crippen molar-refractivity contribution in [2.24, 2.45) is 0 Å². The number of anilines is 1. The number of halogens is 2. The molecule has 4 rings (SSSR count). The third-order valence-electron chi connectivity index (χ3n) is 5.94. The molecule has 0 spiro atoms. The fourth-order valence-electron chi connectivity index (χ4n) is 4.25. The van der Waals surface area contributed by atoms with Crippen LogP contribution in [0, 0.1) is 0 Å². The number of rotatable bonds is 6. The van der Waals surface area contributed by atoms with E-state index in [9.17, 15) is 14.4 Å². The first kappa shape index (κ1) is 25.0. The molecule has 1 aliphatic rings. The summed E-state index contributed by atoms with van der Waals surface area (Å²) in [5.74, 6) is -0.874. The zero-order chi connectivity index (χ0) is 25.5. The summed E-state index contributed by atoms with van der Waals surface area (Å²) < 4.78 is 0. The molecule has 1 N–H and O–H groups in total. The van der Waals surface area contributed by atoms with Crippen LogP contribution in [0.25, 0.3) is 10.8 Å². The van der Waals surface area contributed by atoms with Gasteiger partial charge in [0, 0.05) is 23.0 Å². The Balaban J connectivity index is 1.64. The molecule has 1 atom stereocenters. The van der Waals surface area contributed by atoms with Gasteiger partial charge in [0.1, 0.15) is 12.6 Å². The third kappa shape index (κ3) is 5.14. The minimum Gasteiger partial charge on any atom is -0.350 e. The molecule has 3 aromatic rings. The highest BCUT2D eigenvalue weighted by molar-refractivity contribution is 6.42. The van der Waals surface area contributed by atoms with Crippen molar-refractivity contribution >= 4 is 57.4 Å². The number of carbonyl (C=O) groups is 3. The fraction of sp³-hybridized carbons (Fsp3) is 0.296. The first-order valence-corrected chi connectivity index (χ1v) is 12.1. The first-order chi connectivity index (χ1) is 16.5. The summed E-state index contributed by atoms with van der Waals surface area (Å²) in [6, 6.07) is 15.5. The summed E-state index contributed by atoms with van der Waals surface area (Å²) in [5, 5.41) is 5.47. The van der Waals surface area contributed by atoms with E-state index in [1.165, 1.54) is 9.80 Å². The van der Waals surface area contributed by atoms with Crippen LogP contribution in [0.3, 0.4) is 0 Å². The van der Waals surface area contributed by atoms with E-state index in [1.807, 2.05) is 51.1 Å². The molecule has 0 aromatic heterocycles. The largest absolute Gasteiger partial charge is 0.350 e. The molecular weight excluding hydrogens is 485 g/mol. The molecule has 0 bridgehead atoms. The van der Waals surface area contributed by atoms with Crippen molar-refractivity contribution in [3.63, 3.8) is 0 Å². The zero-order valence-electron chi connectivity index (χ0n) is 20.1. The van der Waals surface area contributed by atoms with Gasteiger partial charge in [-0.05, 0) is 62.9 Å². The molecule has 182 valence electrons. The van der Waals surface area contributed by atoms with Crippen LogP contribution in [0.4, 0.5) is 5.69 Å². The summed E-state index contributed by atoms with van der Waals surface area (Å²) in [6.45, 7) is 7.25. The second-order valence-electron chi connectivity index (χ2n) is 9.76. The van der Waals surface area contributed by atoms with Crippen LogP contribution in [0.15, 0.2) is 54.6 Å². The molecule has 0 fully saturated rings. The molecule has 3 amide bonds. The summed E-state index contributed by atoms with van der Waals surface area (Å²) in [4.78, 5) is 42.9. The lowest BCUT2D eigenvalue weighted by Crippen LogP contribution is -2.54. The van der Waals surface area contributed by atoms with Gasteiger partial charge in [0.05, 0.1) is 15.7 Å². The summed E-state index contributed by atoms with van der Waals surface area (Å²) in [7, 11) is 0. The Bertz CT molecular complexity index is 1330. The van der Waals surface area contributed by atoms with Crippen molar-refractivity contribution in [2.45, 2.75) is 45.8 Å². The lowest BCUT2D eigenvalue weighted by atomic mass is 10.1. The zero-order valence-corrected chi connectivity index (χ0v) is 21.6. The van der Waals surface area contributed by atoms with Crippen molar-refractivity contribution in [2.75, 3.05) is 11.4 Å². The summed E-state index contributed by atoms with van der Waals surface area (Å²) >= 11 is 12.2. The lowest BCUT2D eigenvalue weighted by molar-refractivity contribution is -0.140. The number of hydrogen-bond donors (Lipinski definition) is 1. The Morgan fingerprint density at radius 3 is 2.37 bits per heavy atom. The monoisotopic (exact) mass is 511 g/mol. The van der Waals surface area contributed by atoms with Gasteiger partial charge in [-0.25, -0.2) is 0 Å².